The highest BCUT2D eigenvalue weighted by Crippen LogP contribution is 2.25. The van der Waals surface area contributed by atoms with Crippen LogP contribution in [0.4, 0.5) is 5.69 Å². The molecule has 0 atom stereocenters. The summed E-state index contributed by atoms with van der Waals surface area (Å²) >= 11 is 11.2. The normalized spacial score (nSPS) is 10.8. The largest absolute Gasteiger partial charge is 0.389 e. The first-order chi connectivity index (χ1) is 8.95. The monoisotopic (exact) mass is 299 g/mol. The molecule has 0 aliphatic heterocycles. The maximum absolute atomic E-state index is 6.09. The summed E-state index contributed by atoms with van der Waals surface area (Å²) in [6.07, 6.45) is 1.09. The van der Waals surface area contributed by atoms with Gasteiger partial charge in [0.2, 0.25) is 0 Å². The molecule has 0 unspecified atom stereocenters. The third-order valence-corrected chi connectivity index (χ3v) is 3.44. The summed E-state index contributed by atoms with van der Waals surface area (Å²) in [6.45, 7) is 5.05. The van der Waals surface area contributed by atoms with Crippen molar-refractivity contribution in [1.82, 2.24) is 4.90 Å². The summed E-state index contributed by atoms with van der Waals surface area (Å²) < 4.78 is 0. The lowest BCUT2D eigenvalue weighted by molar-refractivity contribution is 0.400. The molecule has 5 heteroatoms. The van der Waals surface area contributed by atoms with E-state index < -0.39 is 0 Å². The lowest BCUT2D eigenvalue weighted by Crippen LogP contribution is -2.29. The molecular weight excluding hydrogens is 278 g/mol. The molecule has 0 bridgehead atoms. The number of rotatable bonds is 7. The van der Waals surface area contributed by atoms with E-state index in [2.05, 4.69) is 30.8 Å². The fraction of sp³-hybridized carbons (Fsp3) is 0.500. The van der Waals surface area contributed by atoms with E-state index in [0.29, 0.717) is 10.0 Å². The molecule has 0 aromatic heterocycles. The molecule has 3 nitrogen and oxygen atoms in total. The molecule has 106 valence electrons. The van der Waals surface area contributed by atoms with Gasteiger partial charge in [-0.05, 0) is 52.2 Å². The molecule has 0 heterocycles. The Morgan fingerprint density at radius 2 is 2.00 bits per heavy atom. The van der Waals surface area contributed by atoms with Crippen molar-refractivity contribution in [2.24, 2.45) is 5.73 Å². The fourth-order valence-corrected chi connectivity index (χ4v) is 2.34. The predicted molar refractivity (Wildman–Crippen MR) is 88.4 cm³/mol. The van der Waals surface area contributed by atoms with Gasteiger partial charge in [-0.25, -0.2) is 0 Å². The smallest absolute Gasteiger partial charge is 0.106 e. The molecule has 19 heavy (non-hydrogen) atoms. The van der Waals surface area contributed by atoms with Crippen LogP contribution in [0.1, 0.15) is 18.9 Å². The lowest BCUT2D eigenvalue weighted by Gasteiger charge is -2.26. The Balaban J connectivity index is 2.90. The van der Waals surface area contributed by atoms with Crippen molar-refractivity contribution in [1.29, 1.82) is 0 Å². The average Bonchev–Trinajstić information content (AvgIpc) is 2.33. The van der Waals surface area contributed by atoms with E-state index in [-0.39, 0.29) is 0 Å². The van der Waals surface area contributed by atoms with Gasteiger partial charge in [0.25, 0.3) is 0 Å². The summed E-state index contributed by atoms with van der Waals surface area (Å²) in [5, 5.41) is 0.709. The quantitative estimate of drug-likeness (QED) is 0.785. The number of anilines is 1. The van der Waals surface area contributed by atoms with Crippen LogP contribution in [-0.4, -0.2) is 43.6 Å². The van der Waals surface area contributed by atoms with E-state index in [9.17, 15) is 0 Å². The first-order valence-corrected chi connectivity index (χ1v) is 7.23. The second kappa shape index (κ2) is 7.68. The summed E-state index contributed by atoms with van der Waals surface area (Å²) in [5.41, 5.74) is 7.71. The maximum atomic E-state index is 6.09. The van der Waals surface area contributed by atoms with Gasteiger partial charge in [-0.2, -0.15) is 0 Å². The molecule has 0 aliphatic rings. The number of benzene rings is 1. The Kier molecular flexibility index (Phi) is 6.55. The van der Waals surface area contributed by atoms with E-state index in [0.717, 1.165) is 37.3 Å². The van der Waals surface area contributed by atoms with Crippen molar-refractivity contribution in [2.75, 3.05) is 38.6 Å². The van der Waals surface area contributed by atoms with Gasteiger partial charge in [0.1, 0.15) is 4.99 Å². The standard InChI is InChI=1S/C14H22ClN3S/c1-4-18(9-5-8-17(2)3)13-10-11(15)6-7-12(13)14(16)19/h6-7,10H,4-5,8-9H2,1-3H3,(H2,16,19). The molecule has 1 rings (SSSR count). The second-order valence-corrected chi connectivity index (χ2v) is 5.64. The van der Waals surface area contributed by atoms with Gasteiger partial charge in [0.15, 0.2) is 0 Å². The number of hydrogen-bond donors (Lipinski definition) is 1. The maximum Gasteiger partial charge on any atom is 0.106 e. The van der Waals surface area contributed by atoms with Gasteiger partial charge < -0.3 is 15.5 Å². The van der Waals surface area contributed by atoms with Crippen LogP contribution in [-0.2, 0) is 0 Å². The van der Waals surface area contributed by atoms with Crippen LogP contribution in [0, 0.1) is 0 Å². The predicted octanol–water partition coefficient (Wildman–Crippen LogP) is 2.75. The summed E-state index contributed by atoms with van der Waals surface area (Å²) in [5.74, 6) is 0. The molecular formula is C14H22ClN3S. The second-order valence-electron chi connectivity index (χ2n) is 4.76. The molecule has 0 aliphatic carbocycles. The molecule has 1 aromatic rings. The Morgan fingerprint density at radius 3 is 2.53 bits per heavy atom. The number of halogens is 1. The van der Waals surface area contributed by atoms with Gasteiger partial charge in [0, 0.05) is 29.4 Å². The number of hydrogen-bond acceptors (Lipinski definition) is 3. The Labute approximate surface area is 126 Å². The van der Waals surface area contributed by atoms with Crippen molar-refractivity contribution in [3.05, 3.63) is 28.8 Å². The zero-order valence-corrected chi connectivity index (χ0v) is 13.4. The third kappa shape index (κ3) is 4.97. The molecule has 0 saturated heterocycles. The molecule has 2 N–H and O–H groups in total. The van der Waals surface area contributed by atoms with Gasteiger partial charge in [-0.15, -0.1) is 0 Å². The molecule has 1 aromatic carbocycles. The van der Waals surface area contributed by atoms with Crippen LogP contribution in [0.2, 0.25) is 5.02 Å². The number of thiocarbonyl (C=S) groups is 1. The van der Waals surface area contributed by atoms with Crippen LogP contribution >= 0.6 is 23.8 Å². The van der Waals surface area contributed by atoms with E-state index in [1.165, 1.54) is 0 Å². The van der Waals surface area contributed by atoms with Gasteiger partial charge in [-0.1, -0.05) is 23.8 Å². The Morgan fingerprint density at radius 1 is 1.32 bits per heavy atom. The summed E-state index contributed by atoms with van der Waals surface area (Å²) in [7, 11) is 4.16. The zero-order valence-electron chi connectivity index (χ0n) is 11.8. The molecule has 0 amide bonds. The average molecular weight is 300 g/mol. The van der Waals surface area contributed by atoms with Crippen molar-refractivity contribution in [3.63, 3.8) is 0 Å². The highest BCUT2D eigenvalue weighted by atomic mass is 35.5. The third-order valence-electron chi connectivity index (χ3n) is 2.98. The lowest BCUT2D eigenvalue weighted by atomic mass is 10.1. The van der Waals surface area contributed by atoms with Crippen molar-refractivity contribution in [2.45, 2.75) is 13.3 Å². The minimum Gasteiger partial charge on any atom is -0.389 e. The van der Waals surface area contributed by atoms with Crippen LogP contribution in [0.5, 0.6) is 0 Å². The first-order valence-electron chi connectivity index (χ1n) is 6.44. The molecule has 0 saturated carbocycles. The zero-order chi connectivity index (χ0) is 14.4. The van der Waals surface area contributed by atoms with E-state index >= 15 is 0 Å². The van der Waals surface area contributed by atoms with Crippen LogP contribution in [0.25, 0.3) is 0 Å². The van der Waals surface area contributed by atoms with Crippen molar-refractivity contribution in [3.8, 4) is 0 Å². The molecule has 0 fully saturated rings. The Hall–Kier alpha value is -0.840. The topological polar surface area (TPSA) is 32.5 Å². The van der Waals surface area contributed by atoms with Crippen LogP contribution < -0.4 is 10.6 Å². The van der Waals surface area contributed by atoms with Crippen LogP contribution in [0.3, 0.4) is 0 Å². The highest BCUT2D eigenvalue weighted by molar-refractivity contribution is 7.80. The minimum absolute atomic E-state index is 0.415. The van der Waals surface area contributed by atoms with E-state index in [4.69, 9.17) is 29.6 Å². The van der Waals surface area contributed by atoms with Gasteiger partial charge in [0.05, 0.1) is 0 Å². The Bertz CT molecular complexity index is 435. The number of nitrogens with zero attached hydrogens (tertiary/aromatic N) is 2. The summed E-state index contributed by atoms with van der Waals surface area (Å²) in [6, 6.07) is 5.66. The van der Waals surface area contributed by atoms with E-state index in [1.807, 2.05) is 18.2 Å². The van der Waals surface area contributed by atoms with Gasteiger partial charge >= 0.3 is 0 Å². The van der Waals surface area contributed by atoms with Crippen molar-refractivity contribution >= 4 is 34.5 Å². The van der Waals surface area contributed by atoms with Crippen LogP contribution in [0.15, 0.2) is 18.2 Å². The SMILES string of the molecule is CCN(CCCN(C)C)c1cc(Cl)ccc1C(N)=S. The summed E-state index contributed by atoms with van der Waals surface area (Å²) in [4.78, 5) is 4.86. The first kappa shape index (κ1) is 16.2. The fourth-order valence-electron chi connectivity index (χ4n) is 2.00. The van der Waals surface area contributed by atoms with Gasteiger partial charge in [-0.3, -0.25) is 0 Å². The van der Waals surface area contributed by atoms with Crippen molar-refractivity contribution < 1.29 is 0 Å². The number of nitrogens with two attached hydrogens (primary N) is 1. The molecule has 0 spiro atoms. The molecule has 0 radical (unpaired) electrons. The minimum atomic E-state index is 0.415. The van der Waals surface area contributed by atoms with E-state index in [1.54, 1.807) is 0 Å². The highest BCUT2D eigenvalue weighted by Gasteiger charge is 2.12.